The lowest BCUT2D eigenvalue weighted by atomic mass is 9.80. The molecular formula is C25H30N4O. The van der Waals surface area contributed by atoms with Crippen molar-refractivity contribution in [3.63, 3.8) is 0 Å². The highest BCUT2D eigenvalue weighted by molar-refractivity contribution is 5.94. The van der Waals surface area contributed by atoms with Crippen LogP contribution in [0.15, 0.2) is 42.5 Å². The summed E-state index contributed by atoms with van der Waals surface area (Å²) in [5.41, 5.74) is 5.22. The van der Waals surface area contributed by atoms with E-state index >= 15 is 0 Å². The number of carbonyl (C=O) groups excluding carboxylic acids is 1. The first-order valence-corrected chi connectivity index (χ1v) is 10.9. The molecule has 156 valence electrons. The van der Waals surface area contributed by atoms with Crippen LogP contribution in [0.1, 0.15) is 62.3 Å². The summed E-state index contributed by atoms with van der Waals surface area (Å²) in [6.07, 6.45) is 2.30. The Morgan fingerprint density at radius 2 is 1.83 bits per heavy atom. The van der Waals surface area contributed by atoms with Gasteiger partial charge in [0.05, 0.1) is 17.7 Å². The van der Waals surface area contributed by atoms with Gasteiger partial charge in [-0.15, -0.1) is 0 Å². The fraction of sp³-hybridized carbons (Fsp3) is 0.440. The third-order valence-electron chi connectivity index (χ3n) is 6.83. The topological polar surface area (TPSA) is 68.2 Å². The number of amides is 1. The summed E-state index contributed by atoms with van der Waals surface area (Å²) in [5.74, 6) is 0.884. The molecule has 0 spiro atoms. The summed E-state index contributed by atoms with van der Waals surface area (Å²) < 4.78 is 0. The van der Waals surface area contributed by atoms with Crippen molar-refractivity contribution < 1.29 is 4.79 Å². The van der Waals surface area contributed by atoms with Crippen LogP contribution in [0.5, 0.6) is 0 Å². The number of piperidine rings is 1. The van der Waals surface area contributed by atoms with E-state index in [1.807, 2.05) is 29.2 Å². The standard InChI is InChI=1S/C25H30N4O/c1-16-17(2)29(18(3)30)24-9-6-21(20-10-12-27-13-11-20)14-23(24)25(16)28-22-7-4-19(15-26)5-8-22/h4-9,14,16-17,20,25,27-28H,10-13H2,1-3H3/t16-,17-,25+/m0/s1. The van der Waals surface area contributed by atoms with Crippen LogP contribution in [0.3, 0.4) is 0 Å². The maximum atomic E-state index is 12.5. The van der Waals surface area contributed by atoms with Gasteiger partial charge in [0, 0.05) is 30.3 Å². The lowest BCUT2D eigenvalue weighted by Gasteiger charge is -2.44. The summed E-state index contributed by atoms with van der Waals surface area (Å²) in [5, 5.41) is 16.2. The molecule has 1 saturated heterocycles. The highest BCUT2D eigenvalue weighted by Crippen LogP contribution is 2.44. The van der Waals surface area contributed by atoms with Crippen molar-refractivity contribution in [3.8, 4) is 6.07 Å². The second-order valence-electron chi connectivity index (χ2n) is 8.64. The fourth-order valence-electron chi connectivity index (χ4n) is 4.95. The summed E-state index contributed by atoms with van der Waals surface area (Å²) in [4.78, 5) is 14.5. The zero-order valence-corrected chi connectivity index (χ0v) is 18.0. The summed E-state index contributed by atoms with van der Waals surface area (Å²) in [7, 11) is 0. The van der Waals surface area contributed by atoms with Gasteiger partial charge in [-0.2, -0.15) is 5.26 Å². The maximum absolute atomic E-state index is 12.5. The van der Waals surface area contributed by atoms with E-state index in [-0.39, 0.29) is 23.9 Å². The lowest BCUT2D eigenvalue weighted by Crippen LogP contribution is -2.48. The molecule has 2 aromatic carbocycles. The molecule has 5 heteroatoms. The number of benzene rings is 2. The van der Waals surface area contributed by atoms with E-state index in [2.05, 4.69) is 48.7 Å². The van der Waals surface area contributed by atoms with Crippen molar-refractivity contribution in [2.24, 2.45) is 5.92 Å². The largest absolute Gasteiger partial charge is 0.378 e. The van der Waals surface area contributed by atoms with Crippen molar-refractivity contribution in [3.05, 3.63) is 59.2 Å². The van der Waals surface area contributed by atoms with Crippen LogP contribution in [-0.4, -0.2) is 25.0 Å². The average Bonchev–Trinajstić information content (AvgIpc) is 2.77. The van der Waals surface area contributed by atoms with Gasteiger partial charge in [-0.3, -0.25) is 4.79 Å². The summed E-state index contributed by atoms with van der Waals surface area (Å²) >= 11 is 0. The Labute approximate surface area is 179 Å². The highest BCUT2D eigenvalue weighted by atomic mass is 16.2. The SMILES string of the molecule is CC(=O)N1c2ccc(C3CCNCC3)cc2[C@H](Nc2ccc(C#N)cc2)[C@@H](C)[C@@H]1C. The van der Waals surface area contributed by atoms with Gasteiger partial charge in [0.25, 0.3) is 0 Å². The van der Waals surface area contributed by atoms with Crippen LogP contribution < -0.4 is 15.5 Å². The number of nitrogens with one attached hydrogen (secondary N) is 2. The predicted octanol–water partition coefficient (Wildman–Crippen LogP) is 4.57. The molecule has 0 bridgehead atoms. The molecule has 1 amide bonds. The van der Waals surface area contributed by atoms with Gasteiger partial charge in [-0.25, -0.2) is 0 Å². The molecule has 1 fully saturated rings. The van der Waals surface area contributed by atoms with Crippen molar-refractivity contribution >= 4 is 17.3 Å². The van der Waals surface area contributed by atoms with E-state index in [1.165, 1.54) is 11.1 Å². The van der Waals surface area contributed by atoms with Crippen molar-refractivity contribution in [2.75, 3.05) is 23.3 Å². The van der Waals surface area contributed by atoms with Crippen molar-refractivity contribution in [1.29, 1.82) is 5.26 Å². The van der Waals surface area contributed by atoms with E-state index in [9.17, 15) is 4.79 Å². The molecule has 0 aliphatic carbocycles. The minimum Gasteiger partial charge on any atom is -0.378 e. The molecule has 2 aliphatic heterocycles. The molecule has 5 nitrogen and oxygen atoms in total. The van der Waals surface area contributed by atoms with Crippen molar-refractivity contribution in [1.82, 2.24) is 5.32 Å². The number of carbonyl (C=O) groups is 1. The first-order valence-electron chi connectivity index (χ1n) is 10.9. The van der Waals surface area contributed by atoms with Crippen LogP contribution in [0.2, 0.25) is 0 Å². The van der Waals surface area contributed by atoms with E-state index in [1.54, 1.807) is 6.92 Å². The van der Waals surface area contributed by atoms with Gasteiger partial charge in [-0.1, -0.05) is 19.1 Å². The van der Waals surface area contributed by atoms with Crippen molar-refractivity contribution in [2.45, 2.75) is 51.6 Å². The number of nitrogens with zero attached hydrogens (tertiary/aromatic N) is 2. The molecule has 30 heavy (non-hydrogen) atoms. The Kier molecular flexibility index (Phi) is 5.78. The number of rotatable bonds is 3. The maximum Gasteiger partial charge on any atom is 0.224 e. The second kappa shape index (κ2) is 8.49. The van der Waals surface area contributed by atoms with Gasteiger partial charge >= 0.3 is 0 Å². The second-order valence-corrected chi connectivity index (χ2v) is 8.64. The first-order chi connectivity index (χ1) is 14.5. The molecule has 2 aliphatic rings. The molecule has 0 saturated carbocycles. The Morgan fingerprint density at radius 1 is 1.13 bits per heavy atom. The number of nitriles is 1. The quantitative estimate of drug-likeness (QED) is 0.789. The van der Waals surface area contributed by atoms with Gasteiger partial charge in [-0.05, 0) is 80.2 Å². The lowest BCUT2D eigenvalue weighted by molar-refractivity contribution is -0.117. The minimum absolute atomic E-state index is 0.0852. The summed E-state index contributed by atoms with van der Waals surface area (Å²) in [6, 6.07) is 16.7. The van der Waals surface area contributed by atoms with Gasteiger partial charge in [0.2, 0.25) is 5.91 Å². The molecule has 0 aromatic heterocycles. The predicted molar refractivity (Wildman–Crippen MR) is 121 cm³/mol. The Hall–Kier alpha value is -2.84. The van der Waals surface area contributed by atoms with Crippen LogP contribution in [0, 0.1) is 17.2 Å². The highest BCUT2D eigenvalue weighted by Gasteiger charge is 2.38. The first kappa shape index (κ1) is 20.4. The number of anilines is 2. The zero-order chi connectivity index (χ0) is 21.3. The number of hydrogen-bond acceptors (Lipinski definition) is 4. The Bertz CT molecular complexity index is 956. The molecule has 2 aromatic rings. The molecular weight excluding hydrogens is 372 g/mol. The fourth-order valence-corrected chi connectivity index (χ4v) is 4.95. The van der Waals surface area contributed by atoms with Gasteiger partial charge in [0.15, 0.2) is 0 Å². The van der Waals surface area contributed by atoms with Crippen LogP contribution in [-0.2, 0) is 4.79 Å². The van der Waals surface area contributed by atoms with Gasteiger partial charge < -0.3 is 15.5 Å². The number of hydrogen-bond donors (Lipinski definition) is 2. The van der Waals surface area contributed by atoms with E-state index in [0.29, 0.717) is 11.5 Å². The average molecular weight is 403 g/mol. The summed E-state index contributed by atoms with van der Waals surface area (Å²) in [6.45, 7) is 8.11. The molecule has 3 atom stereocenters. The smallest absolute Gasteiger partial charge is 0.224 e. The third-order valence-corrected chi connectivity index (χ3v) is 6.83. The molecule has 2 N–H and O–H groups in total. The Morgan fingerprint density at radius 3 is 2.47 bits per heavy atom. The molecule has 0 unspecified atom stereocenters. The van der Waals surface area contributed by atoms with Crippen LogP contribution in [0.25, 0.3) is 0 Å². The van der Waals surface area contributed by atoms with Gasteiger partial charge in [0.1, 0.15) is 0 Å². The molecule has 0 radical (unpaired) electrons. The number of fused-ring (bicyclic) bond motifs is 1. The minimum atomic E-state index is 0.0852. The molecule has 2 heterocycles. The van der Waals surface area contributed by atoms with Crippen LogP contribution in [0.4, 0.5) is 11.4 Å². The van der Waals surface area contributed by atoms with E-state index < -0.39 is 0 Å². The zero-order valence-electron chi connectivity index (χ0n) is 18.0. The monoisotopic (exact) mass is 402 g/mol. The van der Waals surface area contributed by atoms with E-state index in [0.717, 1.165) is 37.3 Å². The molecule has 4 rings (SSSR count). The van der Waals surface area contributed by atoms with E-state index in [4.69, 9.17) is 5.26 Å². The normalized spacial score (nSPS) is 24.1. The van der Waals surface area contributed by atoms with Crippen LogP contribution >= 0.6 is 0 Å². The third kappa shape index (κ3) is 3.80. The Balaban J connectivity index is 1.74.